The van der Waals surface area contributed by atoms with Gasteiger partial charge in [-0.25, -0.2) is 13.1 Å². The van der Waals surface area contributed by atoms with Gasteiger partial charge in [0.2, 0.25) is 10.0 Å². The van der Waals surface area contributed by atoms with Crippen molar-refractivity contribution in [2.45, 2.75) is 30.7 Å². The number of fused-ring (bicyclic) bond motifs is 1. The molecule has 0 fully saturated rings. The van der Waals surface area contributed by atoms with Crippen LogP contribution >= 0.6 is 12.2 Å². The maximum atomic E-state index is 12.6. The molecule has 0 saturated heterocycles. The molecular formula is C14H17N3O2S2. The van der Waals surface area contributed by atoms with E-state index in [4.69, 9.17) is 18.0 Å². The van der Waals surface area contributed by atoms with Gasteiger partial charge in [-0.05, 0) is 30.7 Å². The van der Waals surface area contributed by atoms with Crippen LogP contribution in [0.5, 0.6) is 0 Å². The number of hydrogen-bond acceptors (Lipinski definition) is 4. The highest BCUT2D eigenvalue weighted by Gasteiger charge is 2.21. The molecule has 21 heavy (non-hydrogen) atoms. The molecule has 0 aliphatic carbocycles. The standard InChI is InChI=1S/C14H17N3O2S2/c1-2-10(9-14(15)20)17-21(18,19)13-7-3-6-12-11(13)5-4-8-16-12/h3-8,10,17H,2,9H2,1H3,(H2,15,20). The maximum Gasteiger partial charge on any atom is 0.241 e. The van der Waals surface area contributed by atoms with Gasteiger partial charge < -0.3 is 5.73 Å². The van der Waals surface area contributed by atoms with Crippen molar-refractivity contribution in [3.8, 4) is 0 Å². The van der Waals surface area contributed by atoms with Crippen LogP contribution in [0, 0.1) is 0 Å². The lowest BCUT2D eigenvalue weighted by molar-refractivity contribution is 0.547. The first kappa shape index (κ1) is 15.8. The Morgan fingerprint density at radius 3 is 2.81 bits per heavy atom. The van der Waals surface area contributed by atoms with Crippen LogP contribution in [-0.2, 0) is 10.0 Å². The van der Waals surface area contributed by atoms with Crippen molar-refractivity contribution in [3.63, 3.8) is 0 Å². The zero-order valence-electron chi connectivity index (χ0n) is 11.6. The summed E-state index contributed by atoms with van der Waals surface area (Å²) < 4.78 is 27.8. The number of benzene rings is 1. The summed E-state index contributed by atoms with van der Waals surface area (Å²) in [5.74, 6) is 0. The molecule has 0 amide bonds. The number of rotatable bonds is 6. The highest BCUT2D eigenvalue weighted by molar-refractivity contribution is 7.89. The van der Waals surface area contributed by atoms with Crippen molar-refractivity contribution in [2.24, 2.45) is 5.73 Å². The lowest BCUT2D eigenvalue weighted by atomic mass is 10.2. The molecule has 3 N–H and O–H groups in total. The fourth-order valence-corrected chi connectivity index (χ4v) is 3.84. The fourth-order valence-electron chi connectivity index (χ4n) is 2.10. The maximum absolute atomic E-state index is 12.6. The molecule has 7 heteroatoms. The van der Waals surface area contributed by atoms with E-state index in [9.17, 15) is 8.42 Å². The van der Waals surface area contributed by atoms with Crippen LogP contribution < -0.4 is 10.5 Å². The van der Waals surface area contributed by atoms with Gasteiger partial charge >= 0.3 is 0 Å². The van der Waals surface area contributed by atoms with E-state index >= 15 is 0 Å². The van der Waals surface area contributed by atoms with Gasteiger partial charge in [0.15, 0.2) is 0 Å². The first-order chi connectivity index (χ1) is 9.94. The molecule has 1 aromatic carbocycles. The second kappa shape index (κ2) is 6.46. The Balaban J connectivity index is 2.40. The Bertz CT molecular complexity index is 754. The Kier molecular flexibility index (Phi) is 4.87. The van der Waals surface area contributed by atoms with Crippen LogP contribution in [0.3, 0.4) is 0 Å². The van der Waals surface area contributed by atoms with Crippen LogP contribution in [-0.4, -0.2) is 24.4 Å². The van der Waals surface area contributed by atoms with Crippen molar-refractivity contribution in [2.75, 3.05) is 0 Å². The molecule has 5 nitrogen and oxygen atoms in total. The summed E-state index contributed by atoms with van der Waals surface area (Å²) in [7, 11) is -3.65. The largest absolute Gasteiger partial charge is 0.393 e. The van der Waals surface area contributed by atoms with Crippen molar-refractivity contribution in [1.82, 2.24) is 9.71 Å². The number of nitrogens with zero attached hydrogens (tertiary/aromatic N) is 1. The molecule has 1 unspecified atom stereocenters. The Labute approximate surface area is 129 Å². The van der Waals surface area contributed by atoms with Gasteiger partial charge in [0.05, 0.1) is 15.4 Å². The van der Waals surface area contributed by atoms with Gasteiger partial charge in [-0.1, -0.05) is 25.2 Å². The molecular weight excluding hydrogens is 306 g/mol. The van der Waals surface area contributed by atoms with E-state index in [1.54, 1.807) is 36.5 Å². The molecule has 1 heterocycles. The molecule has 0 bridgehead atoms. The molecule has 0 saturated carbocycles. The minimum Gasteiger partial charge on any atom is -0.393 e. The molecule has 1 aromatic heterocycles. The molecule has 2 aromatic rings. The van der Waals surface area contributed by atoms with Crippen LogP contribution in [0.4, 0.5) is 0 Å². The molecule has 2 rings (SSSR count). The van der Waals surface area contributed by atoms with Crippen molar-refractivity contribution in [1.29, 1.82) is 0 Å². The summed E-state index contributed by atoms with van der Waals surface area (Å²) in [6.07, 6.45) is 2.58. The molecule has 0 radical (unpaired) electrons. The second-order valence-electron chi connectivity index (χ2n) is 4.72. The number of aromatic nitrogens is 1. The summed E-state index contributed by atoms with van der Waals surface area (Å²) in [6.45, 7) is 1.89. The van der Waals surface area contributed by atoms with Crippen LogP contribution in [0.1, 0.15) is 19.8 Å². The number of pyridine rings is 1. The minimum atomic E-state index is -3.65. The van der Waals surface area contributed by atoms with Crippen molar-refractivity contribution < 1.29 is 8.42 Å². The van der Waals surface area contributed by atoms with Crippen LogP contribution in [0.2, 0.25) is 0 Å². The normalized spacial score (nSPS) is 13.2. The van der Waals surface area contributed by atoms with E-state index in [1.165, 1.54) is 0 Å². The summed E-state index contributed by atoms with van der Waals surface area (Å²) in [6, 6.07) is 8.18. The summed E-state index contributed by atoms with van der Waals surface area (Å²) in [5.41, 5.74) is 6.15. The van der Waals surface area contributed by atoms with E-state index in [0.717, 1.165) is 0 Å². The van der Waals surface area contributed by atoms with Gasteiger partial charge in [-0.3, -0.25) is 4.98 Å². The number of sulfonamides is 1. The molecule has 1 atom stereocenters. The topological polar surface area (TPSA) is 85.1 Å². The van der Waals surface area contributed by atoms with Gasteiger partial charge in [0.25, 0.3) is 0 Å². The van der Waals surface area contributed by atoms with Crippen molar-refractivity contribution >= 4 is 38.1 Å². The predicted octanol–water partition coefficient (Wildman–Crippen LogP) is 1.97. The quantitative estimate of drug-likeness (QED) is 0.794. The van der Waals surface area contributed by atoms with E-state index < -0.39 is 10.0 Å². The average molecular weight is 323 g/mol. The fraction of sp³-hybridized carbons (Fsp3) is 0.286. The zero-order valence-corrected chi connectivity index (χ0v) is 13.2. The van der Waals surface area contributed by atoms with Gasteiger partial charge in [0.1, 0.15) is 0 Å². The molecule has 0 aliphatic rings. The van der Waals surface area contributed by atoms with E-state index in [2.05, 4.69) is 9.71 Å². The molecule has 0 spiro atoms. The third-order valence-electron chi connectivity index (χ3n) is 3.16. The van der Waals surface area contributed by atoms with E-state index in [-0.39, 0.29) is 10.9 Å². The van der Waals surface area contributed by atoms with Gasteiger partial charge in [-0.15, -0.1) is 0 Å². The SMILES string of the molecule is CCC(CC(N)=S)NS(=O)(=O)c1cccc2ncccc12. The minimum absolute atomic E-state index is 0.217. The highest BCUT2D eigenvalue weighted by atomic mass is 32.2. The summed E-state index contributed by atoms with van der Waals surface area (Å²) in [4.78, 5) is 4.68. The first-order valence-corrected chi connectivity index (χ1v) is 8.47. The average Bonchev–Trinajstić information content (AvgIpc) is 2.45. The smallest absolute Gasteiger partial charge is 0.241 e. The molecule has 112 valence electrons. The van der Waals surface area contributed by atoms with Gasteiger partial charge in [-0.2, -0.15) is 0 Å². The number of nitrogens with one attached hydrogen (secondary N) is 1. The lowest BCUT2D eigenvalue weighted by Gasteiger charge is -2.17. The van der Waals surface area contributed by atoms with Crippen molar-refractivity contribution in [3.05, 3.63) is 36.5 Å². The van der Waals surface area contributed by atoms with E-state index in [1.807, 2.05) is 6.92 Å². The number of hydrogen-bond donors (Lipinski definition) is 2. The summed E-state index contributed by atoms with van der Waals surface area (Å²) >= 11 is 4.85. The lowest BCUT2D eigenvalue weighted by Crippen LogP contribution is -2.37. The zero-order chi connectivity index (χ0) is 15.5. The Morgan fingerprint density at radius 1 is 1.38 bits per heavy atom. The monoisotopic (exact) mass is 323 g/mol. The predicted molar refractivity (Wildman–Crippen MR) is 87.5 cm³/mol. The second-order valence-corrected chi connectivity index (χ2v) is 6.93. The Hall–Kier alpha value is -1.57. The summed E-state index contributed by atoms with van der Waals surface area (Å²) in [5, 5.41) is 0.595. The molecule has 0 aliphatic heterocycles. The first-order valence-electron chi connectivity index (χ1n) is 6.58. The van der Waals surface area contributed by atoms with Crippen LogP contribution in [0.15, 0.2) is 41.4 Å². The third-order valence-corrected chi connectivity index (χ3v) is 4.90. The number of thiocarbonyl (C=S) groups is 1. The number of nitrogens with two attached hydrogens (primary N) is 1. The van der Waals surface area contributed by atoms with Gasteiger partial charge in [0, 0.05) is 24.0 Å². The highest BCUT2D eigenvalue weighted by Crippen LogP contribution is 2.21. The van der Waals surface area contributed by atoms with E-state index in [0.29, 0.717) is 28.7 Å². The Morgan fingerprint density at radius 2 is 2.14 bits per heavy atom. The third kappa shape index (κ3) is 3.75. The van der Waals surface area contributed by atoms with Crippen LogP contribution in [0.25, 0.3) is 10.9 Å².